The van der Waals surface area contributed by atoms with E-state index < -0.39 is 0 Å². The van der Waals surface area contributed by atoms with Crippen LogP contribution in [-0.4, -0.2) is 0 Å². The molecule has 1 heterocycles. The summed E-state index contributed by atoms with van der Waals surface area (Å²) in [5.74, 6) is 0.675. The molecule has 56 valence electrons. The molecule has 0 aliphatic carbocycles. The molecular weight excluding hydrogens is 126 g/mol. The van der Waals surface area contributed by atoms with Crippen molar-refractivity contribution in [2.45, 2.75) is 20.3 Å². The SMILES string of the molecule is CC(C)CC1=CC=CON1. The van der Waals surface area contributed by atoms with E-state index in [-0.39, 0.29) is 0 Å². The standard InChI is InChI=1S/C8H13NO/c1-7(2)6-8-4-3-5-10-9-8/h3-5,7,9H,6H2,1-2H3. The topological polar surface area (TPSA) is 21.3 Å². The average molecular weight is 139 g/mol. The highest BCUT2D eigenvalue weighted by Crippen LogP contribution is 2.09. The molecule has 0 unspecified atom stereocenters. The van der Waals surface area contributed by atoms with Crippen LogP contribution in [0.3, 0.4) is 0 Å². The Kier molecular flexibility index (Phi) is 2.37. The summed E-state index contributed by atoms with van der Waals surface area (Å²) in [5, 5.41) is 0. The predicted octanol–water partition coefficient (Wildman–Crippen LogP) is 1.96. The van der Waals surface area contributed by atoms with Crippen LogP contribution in [0, 0.1) is 5.92 Å². The zero-order chi connectivity index (χ0) is 7.40. The summed E-state index contributed by atoms with van der Waals surface area (Å²) in [6, 6.07) is 0. The van der Waals surface area contributed by atoms with Crippen molar-refractivity contribution in [3.8, 4) is 0 Å². The Balaban J connectivity index is 2.39. The first-order valence-electron chi connectivity index (χ1n) is 3.56. The van der Waals surface area contributed by atoms with Gasteiger partial charge in [-0.15, -0.1) is 0 Å². The third-order valence-electron chi connectivity index (χ3n) is 1.26. The van der Waals surface area contributed by atoms with Crippen molar-refractivity contribution in [2.24, 2.45) is 5.92 Å². The fourth-order valence-corrected chi connectivity index (χ4v) is 0.888. The fourth-order valence-electron chi connectivity index (χ4n) is 0.888. The third-order valence-corrected chi connectivity index (χ3v) is 1.26. The second-order valence-corrected chi connectivity index (χ2v) is 2.84. The smallest absolute Gasteiger partial charge is 0.119 e. The maximum absolute atomic E-state index is 4.88. The Morgan fingerprint density at radius 1 is 1.60 bits per heavy atom. The van der Waals surface area contributed by atoms with Gasteiger partial charge in [0.05, 0.1) is 0 Å². The van der Waals surface area contributed by atoms with Crippen LogP contribution in [0.4, 0.5) is 0 Å². The van der Waals surface area contributed by atoms with Crippen molar-refractivity contribution in [2.75, 3.05) is 0 Å². The van der Waals surface area contributed by atoms with Crippen molar-refractivity contribution in [3.05, 3.63) is 24.1 Å². The van der Waals surface area contributed by atoms with Gasteiger partial charge in [0.15, 0.2) is 0 Å². The van der Waals surface area contributed by atoms with E-state index in [0.29, 0.717) is 5.92 Å². The molecule has 0 aromatic heterocycles. The van der Waals surface area contributed by atoms with Crippen molar-refractivity contribution in [3.63, 3.8) is 0 Å². The molecule has 0 fully saturated rings. The first kappa shape index (κ1) is 7.19. The van der Waals surface area contributed by atoms with Gasteiger partial charge in [0.2, 0.25) is 0 Å². The second-order valence-electron chi connectivity index (χ2n) is 2.84. The lowest BCUT2D eigenvalue weighted by atomic mass is 10.1. The quantitative estimate of drug-likeness (QED) is 0.631. The molecule has 0 radical (unpaired) electrons. The Bertz CT molecular complexity index is 159. The zero-order valence-electron chi connectivity index (χ0n) is 6.42. The van der Waals surface area contributed by atoms with E-state index in [4.69, 9.17) is 4.84 Å². The number of hydrogen-bond donors (Lipinski definition) is 1. The van der Waals surface area contributed by atoms with Crippen LogP contribution < -0.4 is 5.48 Å². The highest BCUT2D eigenvalue weighted by molar-refractivity contribution is 5.11. The maximum Gasteiger partial charge on any atom is 0.119 e. The van der Waals surface area contributed by atoms with Gasteiger partial charge < -0.3 is 4.84 Å². The molecule has 0 atom stereocenters. The van der Waals surface area contributed by atoms with Crippen molar-refractivity contribution in [1.29, 1.82) is 0 Å². The van der Waals surface area contributed by atoms with E-state index >= 15 is 0 Å². The number of hydroxylamine groups is 1. The van der Waals surface area contributed by atoms with E-state index in [1.54, 1.807) is 6.26 Å². The lowest BCUT2D eigenvalue weighted by molar-refractivity contribution is 0.153. The second kappa shape index (κ2) is 3.30. The molecule has 0 saturated carbocycles. The molecule has 10 heavy (non-hydrogen) atoms. The molecule has 0 aromatic carbocycles. The minimum Gasteiger partial charge on any atom is -0.390 e. The number of allylic oxidation sites excluding steroid dienone is 3. The molecule has 1 aliphatic heterocycles. The first-order chi connectivity index (χ1) is 4.79. The van der Waals surface area contributed by atoms with E-state index in [1.807, 2.05) is 12.2 Å². The van der Waals surface area contributed by atoms with E-state index in [1.165, 1.54) is 0 Å². The normalized spacial score (nSPS) is 16.1. The summed E-state index contributed by atoms with van der Waals surface area (Å²) in [7, 11) is 0. The van der Waals surface area contributed by atoms with Crippen LogP contribution in [0.25, 0.3) is 0 Å². The van der Waals surface area contributed by atoms with E-state index in [2.05, 4.69) is 19.3 Å². The summed E-state index contributed by atoms with van der Waals surface area (Å²) in [4.78, 5) is 4.88. The molecule has 0 aromatic rings. The zero-order valence-corrected chi connectivity index (χ0v) is 6.42. The molecule has 1 rings (SSSR count). The van der Waals surface area contributed by atoms with Crippen molar-refractivity contribution >= 4 is 0 Å². The molecule has 0 amide bonds. The minimum absolute atomic E-state index is 0.675. The van der Waals surface area contributed by atoms with Gasteiger partial charge in [-0.2, -0.15) is 0 Å². The van der Waals surface area contributed by atoms with E-state index in [0.717, 1.165) is 12.1 Å². The highest BCUT2D eigenvalue weighted by Gasteiger charge is 2.01. The van der Waals surface area contributed by atoms with Gasteiger partial charge in [-0.3, -0.25) is 0 Å². The van der Waals surface area contributed by atoms with Crippen LogP contribution in [0.1, 0.15) is 20.3 Å². The van der Waals surface area contributed by atoms with Crippen LogP contribution in [0.15, 0.2) is 24.1 Å². The van der Waals surface area contributed by atoms with Crippen LogP contribution >= 0.6 is 0 Å². The molecule has 1 N–H and O–H groups in total. The van der Waals surface area contributed by atoms with Gasteiger partial charge in [0.25, 0.3) is 0 Å². The Hall–Kier alpha value is -0.920. The molecule has 0 bridgehead atoms. The van der Waals surface area contributed by atoms with E-state index in [9.17, 15) is 0 Å². The number of nitrogens with one attached hydrogen (secondary N) is 1. The van der Waals surface area contributed by atoms with Gasteiger partial charge in [-0.1, -0.05) is 13.8 Å². The summed E-state index contributed by atoms with van der Waals surface area (Å²) in [6.45, 7) is 4.36. The highest BCUT2D eigenvalue weighted by atomic mass is 16.6. The van der Waals surface area contributed by atoms with Crippen LogP contribution in [0.5, 0.6) is 0 Å². The summed E-state index contributed by atoms with van der Waals surface area (Å²) in [6.07, 6.45) is 6.60. The molecule has 0 saturated heterocycles. The van der Waals surface area contributed by atoms with Crippen molar-refractivity contribution in [1.82, 2.24) is 5.48 Å². The first-order valence-corrected chi connectivity index (χ1v) is 3.56. The van der Waals surface area contributed by atoms with Crippen LogP contribution in [-0.2, 0) is 4.84 Å². The number of rotatable bonds is 2. The van der Waals surface area contributed by atoms with Gasteiger partial charge in [-0.05, 0) is 24.5 Å². The van der Waals surface area contributed by atoms with Gasteiger partial charge in [-0.25, -0.2) is 5.48 Å². The Morgan fingerprint density at radius 2 is 2.40 bits per heavy atom. The van der Waals surface area contributed by atoms with Gasteiger partial charge in [0.1, 0.15) is 6.26 Å². The largest absolute Gasteiger partial charge is 0.390 e. The molecular formula is C8H13NO. The Labute approximate surface area is 61.5 Å². The fraction of sp³-hybridized carbons (Fsp3) is 0.500. The maximum atomic E-state index is 4.88. The third kappa shape index (κ3) is 2.13. The van der Waals surface area contributed by atoms with Gasteiger partial charge >= 0.3 is 0 Å². The molecule has 2 heteroatoms. The molecule has 1 aliphatic rings. The average Bonchev–Trinajstić information content (AvgIpc) is 1.88. The lowest BCUT2D eigenvalue weighted by Crippen LogP contribution is -2.14. The molecule has 0 spiro atoms. The Morgan fingerprint density at radius 3 is 2.90 bits per heavy atom. The monoisotopic (exact) mass is 139 g/mol. The minimum atomic E-state index is 0.675. The predicted molar refractivity (Wildman–Crippen MR) is 40.9 cm³/mol. The van der Waals surface area contributed by atoms with Crippen molar-refractivity contribution < 1.29 is 4.84 Å². The lowest BCUT2D eigenvalue weighted by Gasteiger charge is -2.13. The van der Waals surface area contributed by atoms with Gasteiger partial charge in [0, 0.05) is 5.70 Å². The summed E-state index contributed by atoms with van der Waals surface area (Å²) < 4.78 is 0. The van der Waals surface area contributed by atoms with Crippen LogP contribution in [0.2, 0.25) is 0 Å². The molecule has 2 nitrogen and oxygen atoms in total. The number of hydrogen-bond acceptors (Lipinski definition) is 2. The summed E-state index contributed by atoms with van der Waals surface area (Å²) >= 11 is 0. The summed E-state index contributed by atoms with van der Waals surface area (Å²) in [5.41, 5.74) is 3.98.